The molecule has 0 unspecified atom stereocenters. The summed E-state index contributed by atoms with van der Waals surface area (Å²) in [4.78, 5) is 33.2. The molecular weight excluding hydrogens is 366 g/mol. The zero-order valence-electron chi connectivity index (χ0n) is 16.6. The molecule has 1 saturated heterocycles. The number of likely N-dealkylation sites (tertiary alicyclic amines) is 1. The van der Waals surface area contributed by atoms with Crippen LogP contribution in [0.5, 0.6) is 5.75 Å². The van der Waals surface area contributed by atoms with Crippen molar-refractivity contribution < 1.29 is 9.53 Å². The highest BCUT2D eigenvalue weighted by atomic mass is 16.5. The van der Waals surface area contributed by atoms with Crippen molar-refractivity contribution in [3.63, 3.8) is 0 Å². The molecule has 0 spiro atoms. The number of carbonyl (C=O) groups excluding carboxylic acids is 1. The summed E-state index contributed by atoms with van der Waals surface area (Å²) in [6, 6.07) is 14.3. The summed E-state index contributed by atoms with van der Waals surface area (Å²) in [5.41, 5.74) is 1.07. The lowest BCUT2D eigenvalue weighted by Gasteiger charge is -2.27. The number of nitrogens with zero attached hydrogens (tertiary/aromatic N) is 3. The van der Waals surface area contributed by atoms with Gasteiger partial charge in [0.25, 0.3) is 5.56 Å². The van der Waals surface area contributed by atoms with Crippen LogP contribution in [-0.4, -0.2) is 40.4 Å². The molecule has 0 aliphatic carbocycles. The second-order valence-corrected chi connectivity index (χ2v) is 7.42. The van der Waals surface area contributed by atoms with Gasteiger partial charge in [0, 0.05) is 5.56 Å². The Hall–Kier alpha value is -2.99. The minimum atomic E-state index is -0.163. The summed E-state index contributed by atoms with van der Waals surface area (Å²) in [7, 11) is 1.59. The van der Waals surface area contributed by atoms with E-state index in [1.165, 1.54) is 6.42 Å². The average Bonchev–Trinajstić information content (AvgIpc) is 2.77. The minimum Gasteiger partial charge on any atom is -0.497 e. The van der Waals surface area contributed by atoms with Gasteiger partial charge in [-0.2, -0.15) is 0 Å². The fourth-order valence-electron chi connectivity index (χ4n) is 3.83. The molecule has 2 heterocycles. The number of aromatic nitrogens is 2. The van der Waals surface area contributed by atoms with E-state index >= 15 is 0 Å². The van der Waals surface area contributed by atoms with E-state index in [4.69, 9.17) is 9.72 Å². The van der Waals surface area contributed by atoms with E-state index < -0.39 is 0 Å². The van der Waals surface area contributed by atoms with E-state index in [1.807, 2.05) is 18.2 Å². The Bertz CT molecular complexity index is 1070. The molecule has 6 heteroatoms. The molecule has 0 bridgehead atoms. The lowest BCUT2D eigenvalue weighted by molar-refractivity contribution is 0.0967. The van der Waals surface area contributed by atoms with Gasteiger partial charge in [-0.3, -0.25) is 19.1 Å². The number of ketones is 1. The van der Waals surface area contributed by atoms with Gasteiger partial charge in [-0.25, -0.2) is 4.98 Å². The number of benzene rings is 2. The van der Waals surface area contributed by atoms with Crippen molar-refractivity contribution in [3.05, 3.63) is 70.3 Å². The fourth-order valence-corrected chi connectivity index (χ4v) is 3.83. The molecule has 1 fully saturated rings. The highest BCUT2D eigenvalue weighted by molar-refractivity contribution is 5.96. The van der Waals surface area contributed by atoms with Gasteiger partial charge in [0.15, 0.2) is 5.78 Å². The van der Waals surface area contributed by atoms with E-state index in [2.05, 4.69) is 4.90 Å². The lowest BCUT2D eigenvalue weighted by atomic mass is 10.1. The topological polar surface area (TPSA) is 64.4 Å². The Morgan fingerprint density at radius 2 is 1.76 bits per heavy atom. The van der Waals surface area contributed by atoms with Crippen molar-refractivity contribution >= 4 is 16.7 Å². The van der Waals surface area contributed by atoms with E-state index in [9.17, 15) is 9.59 Å². The fraction of sp³-hybridized carbons (Fsp3) is 0.348. The maximum Gasteiger partial charge on any atom is 0.261 e. The number of hydrogen-bond acceptors (Lipinski definition) is 5. The van der Waals surface area contributed by atoms with Crippen LogP contribution in [0.25, 0.3) is 10.9 Å². The van der Waals surface area contributed by atoms with Crippen LogP contribution in [0.1, 0.15) is 35.4 Å². The van der Waals surface area contributed by atoms with Gasteiger partial charge in [-0.1, -0.05) is 18.6 Å². The summed E-state index contributed by atoms with van der Waals surface area (Å²) < 4.78 is 6.70. The van der Waals surface area contributed by atoms with E-state index in [0.717, 1.165) is 25.9 Å². The molecule has 4 rings (SSSR count). The highest BCUT2D eigenvalue weighted by Crippen LogP contribution is 2.16. The van der Waals surface area contributed by atoms with Gasteiger partial charge >= 0.3 is 0 Å². The van der Waals surface area contributed by atoms with Crippen LogP contribution < -0.4 is 10.3 Å². The van der Waals surface area contributed by atoms with Gasteiger partial charge in [0.1, 0.15) is 11.6 Å². The second kappa shape index (κ2) is 8.57. The largest absolute Gasteiger partial charge is 0.497 e. The van der Waals surface area contributed by atoms with Gasteiger partial charge in [-0.05, 0) is 62.3 Å². The molecule has 29 heavy (non-hydrogen) atoms. The third-order valence-corrected chi connectivity index (χ3v) is 5.47. The molecular formula is C23H25N3O3. The van der Waals surface area contributed by atoms with Crippen molar-refractivity contribution in [1.82, 2.24) is 14.5 Å². The van der Waals surface area contributed by atoms with Gasteiger partial charge in [0.2, 0.25) is 0 Å². The van der Waals surface area contributed by atoms with E-state index in [1.54, 1.807) is 42.0 Å². The zero-order chi connectivity index (χ0) is 20.2. The Morgan fingerprint density at radius 3 is 2.48 bits per heavy atom. The predicted molar refractivity (Wildman–Crippen MR) is 112 cm³/mol. The quantitative estimate of drug-likeness (QED) is 0.604. The summed E-state index contributed by atoms with van der Waals surface area (Å²) in [6.45, 7) is 2.55. The van der Waals surface area contributed by atoms with Crippen LogP contribution in [-0.2, 0) is 13.1 Å². The average molecular weight is 391 g/mol. The second-order valence-electron chi connectivity index (χ2n) is 7.42. The molecule has 1 aromatic heterocycles. The van der Waals surface area contributed by atoms with Crippen molar-refractivity contribution in [3.8, 4) is 5.75 Å². The van der Waals surface area contributed by atoms with Crippen LogP contribution in [0, 0.1) is 0 Å². The number of methoxy groups -OCH3 is 1. The van der Waals surface area contributed by atoms with E-state index in [0.29, 0.717) is 34.6 Å². The molecule has 0 saturated carbocycles. The van der Waals surface area contributed by atoms with Gasteiger partial charge in [0.05, 0.1) is 31.1 Å². The number of para-hydroxylation sites is 1. The summed E-state index contributed by atoms with van der Waals surface area (Å²) >= 11 is 0. The van der Waals surface area contributed by atoms with Gasteiger partial charge < -0.3 is 4.74 Å². The predicted octanol–water partition coefficient (Wildman–Crippen LogP) is 3.27. The van der Waals surface area contributed by atoms with Crippen LogP contribution in [0.2, 0.25) is 0 Å². The first-order chi connectivity index (χ1) is 14.2. The number of Topliss-reactive ketones (excluding diaryl/α,β-unsaturated/α-hetero) is 1. The molecule has 150 valence electrons. The molecule has 0 radical (unpaired) electrons. The van der Waals surface area contributed by atoms with Crippen LogP contribution in [0.3, 0.4) is 0 Å². The molecule has 2 aromatic carbocycles. The Labute approximate surface area is 169 Å². The summed E-state index contributed by atoms with van der Waals surface area (Å²) in [5, 5.41) is 0.539. The Balaban J connectivity index is 1.70. The third kappa shape index (κ3) is 4.22. The Kier molecular flexibility index (Phi) is 5.71. The van der Waals surface area contributed by atoms with Crippen LogP contribution in [0.4, 0.5) is 0 Å². The number of rotatable bonds is 6. The zero-order valence-corrected chi connectivity index (χ0v) is 16.6. The molecule has 6 nitrogen and oxygen atoms in total. The molecule has 3 aromatic rings. The third-order valence-electron chi connectivity index (χ3n) is 5.47. The number of carbonyl (C=O) groups is 1. The van der Waals surface area contributed by atoms with Crippen molar-refractivity contribution in [1.29, 1.82) is 0 Å². The minimum absolute atomic E-state index is 0.0217. The highest BCUT2D eigenvalue weighted by Gasteiger charge is 2.18. The molecule has 0 amide bonds. The SMILES string of the molecule is COc1ccc(C(=O)Cn2c(CN3CCCCC3)nc3ccccc3c2=O)cc1. The van der Waals surface area contributed by atoms with Crippen molar-refractivity contribution in [2.24, 2.45) is 0 Å². The van der Waals surface area contributed by atoms with E-state index in [-0.39, 0.29) is 17.9 Å². The molecule has 0 atom stereocenters. The molecule has 1 aliphatic rings. The monoisotopic (exact) mass is 391 g/mol. The summed E-state index contributed by atoms with van der Waals surface area (Å²) in [6.07, 6.45) is 3.55. The first-order valence-electron chi connectivity index (χ1n) is 10.0. The van der Waals surface area contributed by atoms with Gasteiger partial charge in [-0.15, -0.1) is 0 Å². The standard InChI is InChI=1S/C23H25N3O3/c1-29-18-11-9-17(10-12-18)21(27)15-26-22(16-25-13-5-2-6-14-25)24-20-8-4-3-7-19(20)23(26)28/h3-4,7-12H,2,5-6,13-16H2,1H3. The summed E-state index contributed by atoms with van der Waals surface area (Å²) in [5.74, 6) is 1.22. The smallest absolute Gasteiger partial charge is 0.261 e. The first kappa shape index (κ1) is 19.3. The first-order valence-corrected chi connectivity index (χ1v) is 10.0. The van der Waals surface area contributed by atoms with Crippen molar-refractivity contribution in [2.75, 3.05) is 20.2 Å². The van der Waals surface area contributed by atoms with Crippen LogP contribution in [0.15, 0.2) is 53.3 Å². The Morgan fingerprint density at radius 1 is 1.03 bits per heavy atom. The normalized spacial score (nSPS) is 14.8. The number of fused-ring (bicyclic) bond motifs is 1. The number of piperidine rings is 1. The number of ether oxygens (including phenoxy) is 1. The number of hydrogen-bond donors (Lipinski definition) is 0. The molecule has 0 N–H and O–H groups in total. The maximum absolute atomic E-state index is 13.2. The maximum atomic E-state index is 13.2. The lowest BCUT2D eigenvalue weighted by Crippen LogP contribution is -2.35. The van der Waals surface area contributed by atoms with Crippen molar-refractivity contribution in [2.45, 2.75) is 32.4 Å². The molecule has 1 aliphatic heterocycles. The van der Waals surface area contributed by atoms with Crippen LogP contribution >= 0.6 is 0 Å².